The van der Waals surface area contributed by atoms with Crippen molar-refractivity contribution in [3.05, 3.63) is 24.3 Å². The highest BCUT2D eigenvalue weighted by Crippen LogP contribution is 1.97. The first-order chi connectivity index (χ1) is 9.06. The quantitative estimate of drug-likeness (QED) is 0.729. The molecule has 1 amide bonds. The van der Waals surface area contributed by atoms with E-state index >= 15 is 0 Å². The van der Waals surface area contributed by atoms with E-state index in [4.69, 9.17) is 10.8 Å². The second kappa shape index (κ2) is 11.1. The molecule has 0 aromatic carbocycles. The van der Waals surface area contributed by atoms with Gasteiger partial charge in [-0.25, -0.2) is 9.97 Å². The van der Waals surface area contributed by atoms with E-state index in [0.29, 0.717) is 25.1 Å². The number of hydrogen-bond acceptors (Lipinski definition) is 4. The van der Waals surface area contributed by atoms with Crippen molar-refractivity contribution in [3.63, 3.8) is 0 Å². The van der Waals surface area contributed by atoms with Gasteiger partial charge in [-0.2, -0.15) is 0 Å². The zero-order chi connectivity index (χ0) is 14.5. The number of carboxylic acid groups (broad SMARTS) is 1. The summed E-state index contributed by atoms with van der Waals surface area (Å²) in [6, 6.07) is 1.73. The molecule has 0 aliphatic rings. The number of primary amides is 1. The number of carbonyl (C=O) groups excluding carboxylic acids is 1. The van der Waals surface area contributed by atoms with E-state index in [1.165, 1.54) is 0 Å². The minimum atomic E-state index is -0.682. The van der Waals surface area contributed by atoms with Crippen molar-refractivity contribution in [2.45, 2.75) is 45.4 Å². The van der Waals surface area contributed by atoms with Crippen molar-refractivity contribution in [2.24, 2.45) is 5.73 Å². The lowest BCUT2D eigenvalue weighted by atomic mass is 10.2. The number of carbonyl (C=O) groups is 2. The number of unbranched alkanes of at least 4 members (excludes halogenated alkanes) is 2. The van der Waals surface area contributed by atoms with Gasteiger partial charge in [0.2, 0.25) is 5.91 Å². The normalized spacial score (nSPS) is 9.32. The van der Waals surface area contributed by atoms with Gasteiger partial charge in [-0.1, -0.05) is 19.8 Å². The Balaban J connectivity index is 0.000000362. The third-order valence-corrected chi connectivity index (χ3v) is 2.21. The van der Waals surface area contributed by atoms with Crippen LogP contribution in [0.5, 0.6) is 0 Å². The summed E-state index contributed by atoms with van der Waals surface area (Å²) in [6.45, 7) is 2.06. The van der Waals surface area contributed by atoms with Gasteiger partial charge < -0.3 is 10.8 Å². The van der Waals surface area contributed by atoms with E-state index < -0.39 is 5.97 Å². The zero-order valence-corrected chi connectivity index (χ0v) is 11.2. The second-order valence-corrected chi connectivity index (χ2v) is 3.98. The Morgan fingerprint density at radius 3 is 2.32 bits per heavy atom. The van der Waals surface area contributed by atoms with E-state index in [9.17, 15) is 9.59 Å². The number of amides is 1. The van der Waals surface area contributed by atoms with Crippen molar-refractivity contribution in [1.29, 1.82) is 0 Å². The molecular formula is C13H21N3O3. The fourth-order valence-corrected chi connectivity index (χ4v) is 1.22. The minimum Gasteiger partial charge on any atom is -0.481 e. The van der Waals surface area contributed by atoms with Crippen LogP contribution in [0.3, 0.4) is 0 Å². The van der Waals surface area contributed by atoms with E-state index in [-0.39, 0.29) is 5.91 Å². The van der Waals surface area contributed by atoms with E-state index in [0.717, 1.165) is 19.3 Å². The third kappa shape index (κ3) is 12.3. The van der Waals surface area contributed by atoms with Crippen molar-refractivity contribution in [1.82, 2.24) is 9.97 Å². The predicted molar refractivity (Wildman–Crippen MR) is 71.3 cm³/mol. The molecule has 1 aromatic heterocycles. The summed E-state index contributed by atoms with van der Waals surface area (Å²) >= 11 is 0. The van der Waals surface area contributed by atoms with E-state index in [1.807, 2.05) is 0 Å². The number of aryl methyl sites for hydroxylation is 1. The number of nitrogens with two attached hydrogens (primary N) is 1. The van der Waals surface area contributed by atoms with Gasteiger partial charge in [0.05, 0.1) is 0 Å². The molecule has 0 aliphatic carbocycles. The van der Waals surface area contributed by atoms with Gasteiger partial charge in [-0.3, -0.25) is 9.59 Å². The molecule has 1 aromatic rings. The van der Waals surface area contributed by atoms with Gasteiger partial charge in [-0.05, 0) is 12.5 Å². The number of hydrogen-bond donors (Lipinski definition) is 2. The summed E-state index contributed by atoms with van der Waals surface area (Å²) in [5.74, 6) is -0.345. The Morgan fingerprint density at radius 2 is 1.84 bits per heavy atom. The number of carboxylic acids is 1. The maximum atomic E-state index is 10.3. The molecule has 0 bridgehead atoms. The molecule has 1 heterocycles. The summed E-state index contributed by atoms with van der Waals surface area (Å²) < 4.78 is 0. The number of aromatic nitrogens is 2. The first-order valence-corrected chi connectivity index (χ1v) is 6.32. The minimum absolute atomic E-state index is 0.310. The van der Waals surface area contributed by atoms with Crippen LogP contribution in [-0.4, -0.2) is 27.0 Å². The van der Waals surface area contributed by atoms with Crippen LogP contribution in [0.2, 0.25) is 0 Å². The number of aliphatic carboxylic acids is 1. The fourth-order valence-electron chi connectivity index (χ4n) is 1.22. The van der Waals surface area contributed by atoms with Crippen molar-refractivity contribution < 1.29 is 14.7 Å². The average Bonchev–Trinajstić information content (AvgIpc) is 2.38. The molecule has 0 radical (unpaired) electrons. The van der Waals surface area contributed by atoms with Gasteiger partial charge >= 0.3 is 5.97 Å². The Hall–Kier alpha value is -1.98. The SMILES string of the molecule is CCCCCC(=O)O.NC(=O)CCc1ncccn1. The Bertz CT molecular complexity index is 369. The Labute approximate surface area is 113 Å². The molecule has 3 N–H and O–H groups in total. The molecule has 1 rings (SSSR count). The van der Waals surface area contributed by atoms with Crippen LogP contribution < -0.4 is 5.73 Å². The topological polar surface area (TPSA) is 106 Å². The van der Waals surface area contributed by atoms with Crippen LogP contribution in [0.1, 0.15) is 44.9 Å². The van der Waals surface area contributed by atoms with E-state index in [2.05, 4.69) is 16.9 Å². The molecule has 0 atom stereocenters. The lowest BCUT2D eigenvalue weighted by Gasteiger charge is -1.94. The predicted octanol–water partition coefficient (Wildman–Crippen LogP) is 1.55. The van der Waals surface area contributed by atoms with Crippen LogP contribution in [0.25, 0.3) is 0 Å². The Morgan fingerprint density at radius 1 is 1.21 bits per heavy atom. The standard InChI is InChI=1S/C7H9N3O.C6H12O2/c8-6(11)2-3-7-9-4-1-5-10-7;1-2-3-4-5-6(7)8/h1,4-5H,2-3H2,(H2,8,11);2-5H2,1H3,(H,7,8). The molecule has 6 nitrogen and oxygen atoms in total. The van der Waals surface area contributed by atoms with Gasteiger partial charge in [0.1, 0.15) is 5.82 Å². The molecule has 0 spiro atoms. The highest BCUT2D eigenvalue weighted by molar-refractivity contribution is 5.73. The lowest BCUT2D eigenvalue weighted by molar-refractivity contribution is -0.137. The molecule has 0 aliphatic heterocycles. The van der Waals surface area contributed by atoms with Gasteiger partial charge in [0.15, 0.2) is 0 Å². The van der Waals surface area contributed by atoms with Gasteiger partial charge in [0.25, 0.3) is 0 Å². The summed E-state index contributed by atoms with van der Waals surface area (Å²) in [5, 5.41) is 8.14. The van der Waals surface area contributed by atoms with Crippen LogP contribution >= 0.6 is 0 Å². The Kier molecular flexibility index (Phi) is 9.97. The molecule has 0 fully saturated rings. The van der Waals surface area contributed by atoms with Gasteiger partial charge in [-0.15, -0.1) is 0 Å². The molecule has 6 heteroatoms. The molecule has 0 saturated heterocycles. The largest absolute Gasteiger partial charge is 0.481 e. The van der Waals surface area contributed by atoms with E-state index in [1.54, 1.807) is 18.5 Å². The van der Waals surface area contributed by atoms with Crippen LogP contribution in [-0.2, 0) is 16.0 Å². The van der Waals surface area contributed by atoms with Crippen molar-refractivity contribution in [2.75, 3.05) is 0 Å². The summed E-state index contributed by atoms with van der Waals surface area (Å²) in [7, 11) is 0. The van der Waals surface area contributed by atoms with Crippen LogP contribution in [0.4, 0.5) is 0 Å². The molecule has 0 saturated carbocycles. The number of rotatable bonds is 7. The summed E-state index contributed by atoms with van der Waals surface area (Å²) in [5.41, 5.74) is 4.95. The average molecular weight is 267 g/mol. The summed E-state index contributed by atoms with van der Waals surface area (Å²) in [6.07, 6.45) is 7.39. The van der Waals surface area contributed by atoms with Gasteiger partial charge in [0, 0.05) is 31.7 Å². The maximum absolute atomic E-state index is 10.3. The highest BCUT2D eigenvalue weighted by atomic mass is 16.4. The maximum Gasteiger partial charge on any atom is 0.303 e. The van der Waals surface area contributed by atoms with Crippen LogP contribution in [0.15, 0.2) is 18.5 Å². The third-order valence-electron chi connectivity index (χ3n) is 2.21. The van der Waals surface area contributed by atoms with Crippen molar-refractivity contribution in [3.8, 4) is 0 Å². The van der Waals surface area contributed by atoms with Crippen molar-refractivity contribution >= 4 is 11.9 Å². The smallest absolute Gasteiger partial charge is 0.303 e. The molecule has 106 valence electrons. The molecular weight excluding hydrogens is 246 g/mol. The van der Waals surface area contributed by atoms with Crippen LogP contribution in [0, 0.1) is 0 Å². The number of nitrogens with zero attached hydrogens (tertiary/aromatic N) is 2. The molecule has 19 heavy (non-hydrogen) atoms. The second-order valence-electron chi connectivity index (χ2n) is 3.98. The first-order valence-electron chi connectivity index (χ1n) is 6.32. The highest BCUT2D eigenvalue weighted by Gasteiger charge is 1.97. The zero-order valence-electron chi connectivity index (χ0n) is 11.2. The fraction of sp³-hybridized carbons (Fsp3) is 0.538. The lowest BCUT2D eigenvalue weighted by Crippen LogP contribution is -2.12. The monoisotopic (exact) mass is 267 g/mol. The summed E-state index contributed by atoms with van der Waals surface area (Å²) in [4.78, 5) is 28.1. The first kappa shape index (κ1) is 17.0. The molecule has 0 unspecified atom stereocenters.